The smallest absolute Gasteiger partial charge is 0.336 e. The van der Waals surface area contributed by atoms with Crippen LogP contribution in [0.5, 0.6) is 0 Å². The number of carbonyl (C=O) groups is 1. The lowest BCUT2D eigenvalue weighted by molar-refractivity contribution is 0.0696. The normalized spacial score (nSPS) is 16.2. The molecule has 1 aromatic rings. The number of aromatic carboxylic acids is 1. The third kappa shape index (κ3) is 2.06. The third-order valence-corrected chi connectivity index (χ3v) is 5.68. The van der Waals surface area contributed by atoms with Gasteiger partial charge in [-0.05, 0) is 24.0 Å². The summed E-state index contributed by atoms with van der Waals surface area (Å²) in [5, 5.41) is 9.05. The Kier molecular flexibility index (Phi) is 3.49. The summed E-state index contributed by atoms with van der Waals surface area (Å²) in [5.41, 5.74) is 0.337. The van der Waals surface area contributed by atoms with Crippen molar-refractivity contribution in [2.45, 2.75) is 11.8 Å². The molecule has 0 saturated carbocycles. The van der Waals surface area contributed by atoms with Crippen LogP contribution in [0.25, 0.3) is 6.08 Å². The van der Waals surface area contributed by atoms with E-state index in [9.17, 15) is 13.2 Å². The van der Waals surface area contributed by atoms with Crippen molar-refractivity contribution in [1.29, 1.82) is 0 Å². The van der Waals surface area contributed by atoms with Gasteiger partial charge < -0.3 is 5.11 Å². The first-order chi connectivity index (χ1) is 8.48. The molecule has 0 spiro atoms. The second-order valence-electron chi connectivity index (χ2n) is 3.77. The fourth-order valence-corrected chi connectivity index (χ4v) is 4.45. The van der Waals surface area contributed by atoms with E-state index >= 15 is 0 Å². The van der Waals surface area contributed by atoms with Crippen LogP contribution in [0.2, 0.25) is 0 Å². The van der Waals surface area contributed by atoms with Crippen molar-refractivity contribution in [2.75, 3.05) is 11.5 Å². The molecule has 0 fully saturated rings. The van der Waals surface area contributed by atoms with Crippen molar-refractivity contribution in [3.8, 4) is 0 Å². The van der Waals surface area contributed by atoms with E-state index in [1.165, 1.54) is 36.0 Å². The third-order valence-electron chi connectivity index (χ3n) is 2.68. The first-order valence-electron chi connectivity index (χ1n) is 5.38. The number of sulfone groups is 1. The highest BCUT2D eigenvalue weighted by Crippen LogP contribution is 2.36. The zero-order valence-corrected chi connectivity index (χ0v) is 11.3. The topological polar surface area (TPSA) is 71.4 Å². The molecule has 2 rings (SSSR count). The van der Waals surface area contributed by atoms with Gasteiger partial charge in [-0.25, -0.2) is 13.2 Å². The Balaban J connectivity index is 2.56. The summed E-state index contributed by atoms with van der Waals surface area (Å²) in [6, 6.07) is 4.34. The lowest BCUT2D eigenvalue weighted by Crippen LogP contribution is -2.04. The van der Waals surface area contributed by atoms with Crippen molar-refractivity contribution >= 4 is 33.6 Å². The zero-order valence-electron chi connectivity index (χ0n) is 9.71. The Morgan fingerprint density at radius 1 is 1.39 bits per heavy atom. The zero-order chi connectivity index (χ0) is 13.3. The van der Waals surface area contributed by atoms with Crippen LogP contribution in [-0.4, -0.2) is 31.0 Å². The van der Waals surface area contributed by atoms with E-state index in [0.29, 0.717) is 11.3 Å². The second kappa shape index (κ2) is 4.78. The summed E-state index contributed by atoms with van der Waals surface area (Å²) in [7, 11) is -3.50. The van der Waals surface area contributed by atoms with E-state index in [1.807, 2.05) is 6.92 Å². The van der Waals surface area contributed by atoms with Gasteiger partial charge in [0.15, 0.2) is 0 Å². The minimum absolute atomic E-state index is 0.0348. The Hall–Kier alpha value is -1.27. The van der Waals surface area contributed by atoms with Crippen LogP contribution >= 0.6 is 11.8 Å². The molecule has 4 nitrogen and oxygen atoms in total. The van der Waals surface area contributed by atoms with Crippen molar-refractivity contribution in [1.82, 2.24) is 0 Å². The molecule has 0 aromatic heterocycles. The minimum atomic E-state index is -3.50. The molecule has 1 N–H and O–H groups in total. The van der Waals surface area contributed by atoms with Gasteiger partial charge in [0.1, 0.15) is 0 Å². The van der Waals surface area contributed by atoms with Gasteiger partial charge in [-0.1, -0.05) is 13.0 Å². The van der Waals surface area contributed by atoms with E-state index in [-0.39, 0.29) is 15.4 Å². The van der Waals surface area contributed by atoms with Crippen LogP contribution in [0.3, 0.4) is 0 Å². The van der Waals surface area contributed by atoms with Gasteiger partial charge in [0, 0.05) is 11.3 Å². The van der Waals surface area contributed by atoms with Gasteiger partial charge in [-0.3, -0.25) is 0 Å². The van der Waals surface area contributed by atoms with Crippen molar-refractivity contribution < 1.29 is 18.3 Å². The van der Waals surface area contributed by atoms with Gasteiger partial charge in [0.2, 0.25) is 9.84 Å². The highest BCUT2D eigenvalue weighted by Gasteiger charge is 2.31. The number of hydrogen-bond acceptors (Lipinski definition) is 4. The quantitative estimate of drug-likeness (QED) is 0.918. The summed E-state index contributed by atoms with van der Waals surface area (Å²) in [4.78, 5) is 11.5. The maximum Gasteiger partial charge on any atom is 0.336 e. The fourth-order valence-electron chi connectivity index (χ4n) is 1.82. The molecule has 0 radical (unpaired) electrons. The molecule has 0 saturated heterocycles. The highest BCUT2D eigenvalue weighted by molar-refractivity contribution is 8.02. The molecule has 0 unspecified atom stereocenters. The number of carboxylic acids is 1. The summed E-state index contributed by atoms with van der Waals surface area (Å²) in [6.45, 7) is 1.95. The molecular weight excluding hydrogens is 272 g/mol. The Bertz CT molecular complexity index is 629. The lowest BCUT2D eigenvalue weighted by atomic mass is 10.1. The predicted molar refractivity (Wildman–Crippen MR) is 71.6 cm³/mol. The molecule has 0 bridgehead atoms. The van der Waals surface area contributed by atoms with Crippen LogP contribution < -0.4 is 0 Å². The molecule has 96 valence electrons. The molecule has 1 aromatic carbocycles. The van der Waals surface area contributed by atoms with Gasteiger partial charge >= 0.3 is 5.97 Å². The molecule has 0 aliphatic carbocycles. The van der Waals surface area contributed by atoms with Crippen molar-refractivity contribution in [3.63, 3.8) is 0 Å². The van der Waals surface area contributed by atoms with Gasteiger partial charge in [0.05, 0.1) is 15.4 Å². The number of hydrogen-bond donors (Lipinski definition) is 1. The van der Waals surface area contributed by atoms with Crippen LogP contribution in [0.4, 0.5) is 0 Å². The molecule has 6 heteroatoms. The largest absolute Gasteiger partial charge is 0.478 e. The van der Waals surface area contributed by atoms with E-state index in [1.54, 1.807) is 0 Å². The van der Waals surface area contributed by atoms with E-state index in [0.717, 1.165) is 5.75 Å². The summed E-state index contributed by atoms with van der Waals surface area (Å²) >= 11 is 1.50. The predicted octanol–water partition coefficient (Wildman–Crippen LogP) is 2.27. The van der Waals surface area contributed by atoms with E-state index in [4.69, 9.17) is 5.11 Å². The molecule has 0 atom stereocenters. The van der Waals surface area contributed by atoms with Gasteiger partial charge in [-0.15, -0.1) is 0 Å². The molecule has 1 aliphatic rings. The van der Waals surface area contributed by atoms with Crippen LogP contribution in [0.15, 0.2) is 28.0 Å². The van der Waals surface area contributed by atoms with Crippen LogP contribution in [0.1, 0.15) is 22.8 Å². The van der Waals surface area contributed by atoms with Crippen molar-refractivity contribution in [2.24, 2.45) is 0 Å². The first-order valence-corrected chi connectivity index (χ1v) is 8.02. The van der Waals surface area contributed by atoms with Crippen molar-refractivity contribution in [3.05, 3.63) is 34.2 Å². The van der Waals surface area contributed by atoms with Gasteiger partial charge in [-0.2, -0.15) is 11.8 Å². The maximum atomic E-state index is 12.2. The van der Waals surface area contributed by atoms with E-state index in [2.05, 4.69) is 0 Å². The summed E-state index contributed by atoms with van der Waals surface area (Å²) in [5.74, 6) is 0.0874. The number of fused-ring (bicyclic) bond motifs is 1. The summed E-state index contributed by atoms with van der Waals surface area (Å²) in [6.07, 6.45) is 1.48. The minimum Gasteiger partial charge on any atom is -0.478 e. The average molecular weight is 284 g/mol. The number of benzene rings is 1. The fraction of sp³-hybridized carbons (Fsp3) is 0.250. The highest BCUT2D eigenvalue weighted by atomic mass is 32.2. The SMILES string of the molecule is CCSCC1=Cc2c(C(=O)O)cccc2S1(=O)=O. The summed E-state index contributed by atoms with van der Waals surface area (Å²) < 4.78 is 24.4. The number of thioether (sulfide) groups is 1. The molecule has 1 heterocycles. The molecule has 0 amide bonds. The number of rotatable bonds is 4. The Morgan fingerprint density at radius 3 is 2.72 bits per heavy atom. The lowest BCUT2D eigenvalue weighted by Gasteiger charge is -2.03. The second-order valence-corrected chi connectivity index (χ2v) is 7.02. The maximum absolute atomic E-state index is 12.2. The number of carboxylic acid groups (broad SMARTS) is 1. The van der Waals surface area contributed by atoms with E-state index < -0.39 is 15.8 Å². The molecule has 18 heavy (non-hydrogen) atoms. The van der Waals surface area contributed by atoms with Gasteiger partial charge in [0.25, 0.3) is 0 Å². The first kappa shape index (κ1) is 13.2. The van der Waals surface area contributed by atoms with Crippen LogP contribution in [-0.2, 0) is 9.84 Å². The monoisotopic (exact) mass is 284 g/mol. The molecular formula is C12H12O4S2. The average Bonchev–Trinajstić information content (AvgIpc) is 2.58. The Morgan fingerprint density at radius 2 is 2.11 bits per heavy atom. The molecule has 1 aliphatic heterocycles. The van der Waals surface area contributed by atoms with Crippen LogP contribution in [0, 0.1) is 0 Å². The Labute approximate surface area is 110 Å². The standard InChI is InChI=1S/C12H12O4S2/c1-2-17-7-8-6-10-9(12(13)14)4-3-5-11(10)18(8,15)16/h3-6H,2,7H2,1H3,(H,13,14).